The molecule has 0 fully saturated rings. The summed E-state index contributed by atoms with van der Waals surface area (Å²) >= 11 is 0. The molecule has 35 heavy (non-hydrogen) atoms. The molecule has 1 amide bonds. The number of rotatable bonds is 6. The van der Waals surface area contributed by atoms with Crippen molar-refractivity contribution in [3.05, 3.63) is 131 Å². The summed E-state index contributed by atoms with van der Waals surface area (Å²) in [5.41, 5.74) is 9.30. The van der Waals surface area contributed by atoms with E-state index < -0.39 is 0 Å². The van der Waals surface area contributed by atoms with Crippen LogP contribution in [0.3, 0.4) is 0 Å². The molecule has 0 radical (unpaired) electrons. The van der Waals surface area contributed by atoms with Crippen LogP contribution in [0.5, 0.6) is 0 Å². The van der Waals surface area contributed by atoms with E-state index in [9.17, 15) is 4.79 Å². The highest BCUT2D eigenvalue weighted by Gasteiger charge is 2.21. The zero-order valence-electron chi connectivity index (χ0n) is 20.3. The van der Waals surface area contributed by atoms with Crippen molar-refractivity contribution in [3.63, 3.8) is 0 Å². The summed E-state index contributed by atoms with van der Waals surface area (Å²) in [7, 11) is 0. The van der Waals surface area contributed by atoms with Gasteiger partial charge in [-0.2, -0.15) is 0 Å². The van der Waals surface area contributed by atoms with Gasteiger partial charge >= 0.3 is 0 Å². The molecule has 0 atom stereocenters. The zero-order valence-corrected chi connectivity index (χ0v) is 20.3. The van der Waals surface area contributed by atoms with Gasteiger partial charge in [0.1, 0.15) is 5.65 Å². The fourth-order valence-electron chi connectivity index (χ4n) is 4.50. The number of nitrogens with one attached hydrogen (secondary N) is 1. The predicted molar refractivity (Wildman–Crippen MR) is 141 cm³/mol. The van der Waals surface area contributed by atoms with Crippen molar-refractivity contribution in [2.45, 2.75) is 33.2 Å². The van der Waals surface area contributed by atoms with Crippen molar-refractivity contribution in [2.75, 3.05) is 0 Å². The molecule has 0 unspecified atom stereocenters. The lowest BCUT2D eigenvalue weighted by Gasteiger charge is -2.20. The van der Waals surface area contributed by atoms with Crippen LogP contribution in [0.15, 0.2) is 97.2 Å². The highest BCUT2D eigenvalue weighted by molar-refractivity contribution is 5.82. The first kappa shape index (κ1) is 22.6. The topological polar surface area (TPSA) is 46.4 Å². The third-order valence-corrected chi connectivity index (χ3v) is 6.56. The summed E-state index contributed by atoms with van der Waals surface area (Å²) in [5, 5.41) is 3.28. The molecule has 0 spiro atoms. The molecule has 0 aliphatic heterocycles. The van der Waals surface area contributed by atoms with E-state index in [-0.39, 0.29) is 18.4 Å². The number of aromatic nitrogens is 2. The molecule has 3 aromatic carbocycles. The number of hydrogen-bond donors (Lipinski definition) is 1. The molecule has 174 valence electrons. The first-order valence-corrected chi connectivity index (χ1v) is 11.9. The van der Waals surface area contributed by atoms with Crippen molar-refractivity contribution in [2.24, 2.45) is 0 Å². The van der Waals surface area contributed by atoms with Crippen LogP contribution in [0.4, 0.5) is 0 Å². The van der Waals surface area contributed by atoms with Gasteiger partial charge in [-0.05, 0) is 66.8 Å². The third-order valence-electron chi connectivity index (χ3n) is 6.56. The number of benzene rings is 3. The number of aryl methyl sites for hydroxylation is 3. The maximum absolute atomic E-state index is 13.5. The normalized spacial score (nSPS) is 11.2. The lowest BCUT2D eigenvalue weighted by Crippen LogP contribution is -2.31. The minimum Gasteiger partial charge on any atom is -0.345 e. The highest BCUT2D eigenvalue weighted by atomic mass is 16.1. The maximum Gasteiger partial charge on any atom is 0.226 e. The SMILES string of the molecule is Cc1ccn2c(CC(=O)NC(c3ccccc3)c3ccccc3)c(-c3ccc(C)c(C)c3)nc2c1. The first-order chi connectivity index (χ1) is 17.0. The van der Waals surface area contributed by atoms with Crippen molar-refractivity contribution in [1.29, 1.82) is 0 Å². The number of imidazole rings is 1. The van der Waals surface area contributed by atoms with E-state index in [1.807, 2.05) is 47.0 Å². The number of hydrogen-bond acceptors (Lipinski definition) is 2. The smallest absolute Gasteiger partial charge is 0.226 e. The van der Waals surface area contributed by atoms with E-state index in [2.05, 4.69) is 80.7 Å². The fraction of sp³-hybridized carbons (Fsp3) is 0.161. The standard InChI is InChI=1S/C31H29N3O/c1-21-16-17-34-27(31(32-28(34)18-21)26-15-14-22(2)23(3)19-26)20-29(35)33-30(24-10-6-4-7-11-24)25-12-8-5-9-13-25/h4-19,30H,20H2,1-3H3,(H,33,35). The molecule has 1 N–H and O–H groups in total. The fourth-order valence-corrected chi connectivity index (χ4v) is 4.50. The van der Waals surface area contributed by atoms with E-state index in [1.165, 1.54) is 11.1 Å². The molecule has 0 saturated carbocycles. The van der Waals surface area contributed by atoms with Gasteiger partial charge in [-0.15, -0.1) is 0 Å². The Kier molecular flexibility index (Phi) is 6.19. The second kappa shape index (κ2) is 9.59. The van der Waals surface area contributed by atoms with Gasteiger partial charge in [-0.3, -0.25) is 4.79 Å². The number of carbonyl (C=O) groups is 1. The van der Waals surface area contributed by atoms with E-state index in [1.54, 1.807) is 0 Å². The third kappa shape index (κ3) is 4.73. The van der Waals surface area contributed by atoms with Gasteiger partial charge in [0.15, 0.2) is 0 Å². The first-order valence-electron chi connectivity index (χ1n) is 11.9. The summed E-state index contributed by atoms with van der Waals surface area (Å²) in [6.45, 7) is 6.27. The Hall–Kier alpha value is -4.18. The Morgan fingerprint density at radius 3 is 2.11 bits per heavy atom. The Labute approximate surface area is 206 Å². The largest absolute Gasteiger partial charge is 0.345 e. The van der Waals surface area contributed by atoms with E-state index >= 15 is 0 Å². The van der Waals surface area contributed by atoms with Crippen LogP contribution in [-0.4, -0.2) is 15.3 Å². The van der Waals surface area contributed by atoms with Crippen molar-refractivity contribution < 1.29 is 4.79 Å². The average molecular weight is 460 g/mol. The van der Waals surface area contributed by atoms with E-state index in [4.69, 9.17) is 4.98 Å². The monoisotopic (exact) mass is 459 g/mol. The van der Waals surface area contributed by atoms with Gasteiger partial charge in [0.05, 0.1) is 23.9 Å². The second-order valence-corrected chi connectivity index (χ2v) is 9.14. The van der Waals surface area contributed by atoms with Crippen molar-refractivity contribution >= 4 is 11.6 Å². The molecular formula is C31H29N3O. The predicted octanol–water partition coefficient (Wildman–Crippen LogP) is 6.37. The van der Waals surface area contributed by atoms with Crippen LogP contribution in [0.25, 0.3) is 16.9 Å². The van der Waals surface area contributed by atoms with Gasteiger partial charge in [-0.1, -0.05) is 72.8 Å². The van der Waals surface area contributed by atoms with Crippen LogP contribution >= 0.6 is 0 Å². The molecule has 5 aromatic rings. The van der Waals surface area contributed by atoms with Crippen LogP contribution < -0.4 is 5.32 Å². The maximum atomic E-state index is 13.5. The van der Waals surface area contributed by atoms with Gasteiger partial charge in [0, 0.05) is 11.8 Å². The van der Waals surface area contributed by atoms with Crippen LogP contribution in [0, 0.1) is 20.8 Å². The molecule has 2 aromatic heterocycles. The minimum absolute atomic E-state index is 0.0461. The Morgan fingerprint density at radius 2 is 1.49 bits per heavy atom. The average Bonchev–Trinajstić information content (AvgIpc) is 3.22. The van der Waals surface area contributed by atoms with Crippen LogP contribution in [0.1, 0.15) is 39.6 Å². The Bertz CT molecular complexity index is 1450. The number of pyridine rings is 1. The van der Waals surface area contributed by atoms with Crippen LogP contribution in [0.2, 0.25) is 0 Å². The van der Waals surface area contributed by atoms with Crippen molar-refractivity contribution in [3.8, 4) is 11.3 Å². The molecule has 4 heteroatoms. The summed E-state index contributed by atoms with van der Waals surface area (Å²) in [5.74, 6) is -0.0461. The second-order valence-electron chi connectivity index (χ2n) is 9.14. The lowest BCUT2D eigenvalue weighted by atomic mass is 9.98. The van der Waals surface area contributed by atoms with Gasteiger partial charge in [0.25, 0.3) is 0 Å². The molecule has 5 rings (SSSR count). The van der Waals surface area contributed by atoms with Crippen LogP contribution in [-0.2, 0) is 11.2 Å². The van der Waals surface area contributed by atoms with Crippen molar-refractivity contribution in [1.82, 2.24) is 14.7 Å². The van der Waals surface area contributed by atoms with Gasteiger partial charge in [-0.25, -0.2) is 4.98 Å². The molecule has 0 aliphatic carbocycles. The summed E-state index contributed by atoms with van der Waals surface area (Å²) in [6.07, 6.45) is 2.24. The molecule has 0 saturated heterocycles. The summed E-state index contributed by atoms with van der Waals surface area (Å²) < 4.78 is 2.04. The molecule has 0 aliphatic rings. The van der Waals surface area contributed by atoms with E-state index in [0.717, 1.165) is 39.3 Å². The zero-order chi connectivity index (χ0) is 24.4. The number of amides is 1. The molecular weight excluding hydrogens is 430 g/mol. The molecule has 2 heterocycles. The molecule has 4 nitrogen and oxygen atoms in total. The summed E-state index contributed by atoms with van der Waals surface area (Å²) in [6, 6.07) is 30.4. The van der Waals surface area contributed by atoms with Gasteiger partial charge < -0.3 is 9.72 Å². The highest BCUT2D eigenvalue weighted by Crippen LogP contribution is 2.28. The Morgan fingerprint density at radius 1 is 0.829 bits per heavy atom. The quantitative estimate of drug-likeness (QED) is 0.320. The Balaban J connectivity index is 1.53. The molecule has 0 bridgehead atoms. The van der Waals surface area contributed by atoms with Gasteiger partial charge in [0.2, 0.25) is 5.91 Å². The van der Waals surface area contributed by atoms with E-state index in [0.29, 0.717) is 0 Å². The minimum atomic E-state index is -0.226. The number of carbonyl (C=O) groups excluding carboxylic acids is 1. The summed E-state index contributed by atoms with van der Waals surface area (Å²) in [4.78, 5) is 18.5. The number of fused-ring (bicyclic) bond motifs is 1. The lowest BCUT2D eigenvalue weighted by molar-refractivity contribution is -0.121. The number of nitrogens with zero attached hydrogens (tertiary/aromatic N) is 2.